The van der Waals surface area contributed by atoms with Gasteiger partial charge in [0.2, 0.25) is 5.91 Å². The van der Waals surface area contributed by atoms with Crippen LogP contribution in [0.3, 0.4) is 0 Å². The fraction of sp³-hybridized carbons (Fsp3) is 0.600. The molecule has 2 rings (SSSR count). The predicted octanol–water partition coefficient (Wildman–Crippen LogP) is 2.40. The number of H-pyrrole nitrogens is 1. The maximum absolute atomic E-state index is 12.1. The Balaban J connectivity index is 1.70. The second kappa shape index (κ2) is 7.11. The number of carbonyl (C=O) groups is 2. The van der Waals surface area contributed by atoms with Gasteiger partial charge in [0.05, 0.1) is 5.56 Å². The lowest BCUT2D eigenvalue weighted by molar-refractivity contribution is -0.138. The SMILES string of the molecule is CCC1CC(C(=O)N(C)CCNC(=O)c2c[nH]cc2Br)C1. The maximum Gasteiger partial charge on any atom is 0.254 e. The van der Waals surface area contributed by atoms with E-state index in [4.69, 9.17) is 0 Å². The molecule has 1 aliphatic carbocycles. The Bertz CT molecular complexity index is 509. The molecule has 0 atom stereocenters. The predicted molar refractivity (Wildman–Crippen MR) is 85.0 cm³/mol. The van der Waals surface area contributed by atoms with E-state index in [0.29, 0.717) is 18.7 Å². The van der Waals surface area contributed by atoms with E-state index in [9.17, 15) is 9.59 Å². The van der Waals surface area contributed by atoms with Gasteiger partial charge in [-0.2, -0.15) is 0 Å². The van der Waals surface area contributed by atoms with Crippen LogP contribution in [-0.4, -0.2) is 41.8 Å². The van der Waals surface area contributed by atoms with E-state index in [1.54, 1.807) is 24.3 Å². The number of hydrogen-bond acceptors (Lipinski definition) is 2. The molecular formula is C15H22BrN3O2. The molecule has 6 heteroatoms. The Morgan fingerprint density at radius 3 is 2.71 bits per heavy atom. The number of carbonyl (C=O) groups excluding carboxylic acids is 2. The summed E-state index contributed by atoms with van der Waals surface area (Å²) in [6.45, 7) is 3.17. The van der Waals surface area contributed by atoms with Gasteiger partial charge in [-0.1, -0.05) is 13.3 Å². The number of likely N-dealkylation sites (N-methyl/N-ethyl adjacent to an activating group) is 1. The highest BCUT2D eigenvalue weighted by molar-refractivity contribution is 9.10. The van der Waals surface area contributed by atoms with E-state index in [2.05, 4.69) is 33.2 Å². The van der Waals surface area contributed by atoms with E-state index in [-0.39, 0.29) is 17.7 Å². The lowest BCUT2D eigenvalue weighted by atomic mass is 9.73. The number of nitrogens with one attached hydrogen (secondary N) is 2. The van der Waals surface area contributed by atoms with Crippen molar-refractivity contribution < 1.29 is 9.59 Å². The van der Waals surface area contributed by atoms with Crippen LogP contribution in [0.15, 0.2) is 16.9 Å². The lowest BCUT2D eigenvalue weighted by Crippen LogP contribution is -2.42. The number of aromatic nitrogens is 1. The van der Waals surface area contributed by atoms with Crippen molar-refractivity contribution in [2.75, 3.05) is 20.1 Å². The molecule has 1 aromatic rings. The van der Waals surface area contributed by atoms with Crippen molar-refractivity contribution in [3.8, 4) is 0 Å². The summed E-state index contributed by atoms with van der Waals surface area (Å²) in [6, 6.07) is 0. The third-order valence-electron chi connectivity index (χ3n) is 4.21. The second-order valence-electron chi connectivity index (χ2n) is 5.68. The summed E-state index contributed by atoms with van der Waals surface area (Å²) in [5.74, 6) is 0.975. The van der Waals surface area contributed by atoms with Gasteiger partial charge in [-0.25, -0.2) is 0 Å². The normalized spacial score (nSPS) is 20.7. The van der Waals surface area contributed by atoms with E-state index in [1.807, 2.05) is 0 Å². The number of halogens is 1. The largest absolute Gasteiger partial charge is 0.366 e. The summed E-state index contributed by atoms with van der Waals surface area (Å²) < 4.78 is 0.740. The molecule has 21 heavy (non-hydrogen) atoms. The van der Waals surface area contributed by atoms with Gasteiger partial charge in [0, 0.05) is 42.9 Å². The topological polar surface area (TPSA) is 65.2 Å². The monoisotopic (exact) mass is 355 g/mol. The molecule has 0 aliphatic heterocycles. The van der Waals surface area contributed by atoms with Crippen molar-refractivity contribution in [2.24, 2.45) is 11.8 Å². The Labute approximate surface area is 133 Å². The van der Waals surface area contributed by atoms with Crippen molar-refractivity contribution in [2.45, 2.75) is 26.2 Å². The number of aromatic amines is 1. The minimum atomic E-state index is -0.140. The molecule has 1 fully saturated rings. The Morgan fingerprint density at radius 1 is 1.43 bits per heavy atom. The Morgan fingerprint density at radius 2 is 2.14 bits per heavy atom. The molecule has 116 valence electrons. The summed E-state index contributed by atoms with van der Waals surface area (Å²) >= 11 is 3.30. The van der Waals surface area contributed by atoms with Crippen molar-refractivity contribution in [1.29, 1.82) is 0 Å². The third kappa shape index (κ3) is 3.87. The first kappa shape index (κ1) is 16.1. The molecule has 0 aromatic carbocycles. The lowest BCUT2D eigenvalue weighted by Gasteiger charge is -2.36. The van der Waals surface area contributed by atoms with Crippen LogP contribution in [0, 0.1) is 11.8 Å². The first-order valence-corrected chi connectivity index (χ1v) is 8.17. The van der Waals surface area contributed by atoms with Crippen LogP contribution in [0.25, 0.3) is 0 Å². The van der Waals surface area contributed by atoms with Crippen LogP contribution in [0.2, 0.25) is 0 Å². The molecule has 0 saturated heterocycles. The number of hydrogen-bond donors (Lipinski definition) is 2. The average molecular weight is 356 g/mol. The first-order chi connectivity index (χ1) is 10.0. The van der Waals surface area contributed by atoms with Crippen molar-refractivity contribution >= 4 is 27.7 Å². The van der Waals surface area contributed by atoms with E-state index in [0.717, 1.165) is 29.7 Å². The zero-order valence-electron chi connectivity index (χ0n) is 12.5. The molecular weight excluding hydrogens is 334 g/mol. The highest BCUT2D eigenvalue weighted by Crippen LogP contribution is 2.36. The molecule has 1 saturated carbocycles. The van der Waals surface area contributed by atoms with Crippen molar-refractivity contribution in [3.63, 3.8) is 0 Å². The van der Waals surface area contributed by atoms with Crippen LogP contribution in [-0.2, 0) is 4.79 Å². The number of amides is 2. The molecule has 0 unspecified atom stereocenters. The van der Waals surface area contributed by atoms with Gasteiger partial charge in [-0.3, -0.25) is 9.59 Å². The summed E-state index contributed by atoms with van der Waals surface area (Å²) in [5.41, 5.74) is 0.578. The molecule has 1 heterocycles. The molecule has 1 aromatic heterocycles. The molecule has 5 nitrogen and oxygen atoms in total. The number of nitrogens with zero attached hydrogens (tertiary/aromatic N) is 1. The molecule has 2 N–H and O–H groups in total. The van der Waals surface area contributed by atoms with E-state index < -0.39 is 0 Å². The van der Waals surface area contributed by atoms with Crippen LogP contribution in [0.5, 0.6) is 0 Å². The van der Waals surface area contributed by atoms with E-state index >= 15 is 0 Å². The molecule has 0 spiro atoms. The molecule has 2 amide bonds. The zero-order valence-corrected chi connectivity index (χ0v) is 14.1. The first-order valence-electron chi connectivity index (χ1n) is 7.38. The quantitative estimate of drug-likeness (QED) is 0.822. The van der Waals surface area contributed by atoms with Gasteiger partial charge < -0.3 is 15.2 Å². The standard InChI is InChI=1S/C15H22BrN3O2/c1-3-10-6-11(7-10)15(21)19(2)5-4-18-14(20)12-8-17-9-13(12)16/h8-11,17H,3-7H2,1-2H3,(H,18,20). The van der Waals surface area contributed by atoms with Gasteiger partial charge >= 0.3 is 0 Å². The molecule has 0 radical (unpaired) electrons. The second-order valence-corrected chi connectivity index (χ2v) is 6.53. The van der Waals surface area contributed by atoms with Gasteiger partial charge in [-0.15, -0.1) is 0 Å². The average Bonchev–Trinajstić information content (AvgIpc) is 2.83. The van der Waals surface area contributed by atoms with Gasteiger partial charge in [0.1, 0.15) is 0 Å². The fourth-order valence-electron chi connectivity index (χ4n) is 2.64. The van der Waals surface area contributed by atoms with Crippen molar-refractivity contribution in [3.05, 3.63) is 22.4 Å². The van der Waals surface area contributed by atoms with Gasteiger partial charge in [0.25, 0.3) is 5.91 Å². The zero-order chi connectivity index (χ0) is 15.4. The highest BCUT2D eigenvalue weighted by atomic mass is 79.9. The smallest absolute Gasteiger partial charge is 0.254 e. The summed E-state index contributed by atoms with van der Waals surface area (Å²) in [6.07, 6.45) is 6.55. The summed E-state index contributed by atoms with van der Waals surface area (Å²) in [4.78, 5) is 28.6. The van der Waals surface area contributed by atoms with Crippen LogP contribution >= 0.6 is 15.9 Å². The minimum absolute atomic E-state index is 0.140. The van der Waals surface area contributed by atoms with Crippen LogP contribution < -0.4 is 5.32 Å². The van der Waals surface area contributed by atoms with E-state index in [1.165, 1.54) is 0 Å². The number of rotatable bonds is 6. The summed E-state index contributed by atoms with van der Waals surface area (Å²) in [5, 5.41) is 2.82. The summed E-state index contributed by atoms with van der Waals surface area (Å²) in [7, 11) is 1.81. The van der Waals surface area contributed by atoms with Gasteiger partial charge in [0.15, 0.2) is 0 Å². The van der Waals surface area contributed by atoms with Gasteiger partial charge in [-0.05, 0) is 34.7 Å². The Hall–Kier alpha value is -1.30. The van der Waals surface area contributed by atoms with Crippen LogP contribution in [0.4, 0.5) is 0 Å². The Kier molecular flexibility index (Phi) is 5.45. The maximum atomic E-state index is 12.1. The fourth-order valence-corrected chi connectivity index (χ4v) is 3.07. The van der Waals surface area contributed by atoms with Crippen LogP contribution in [0.1, 0.15) is 36.5 Å². The molecule has 0 bridgehead atoms. The minimum Gasteiger partial charge on any atom is -0.366 e. The van der Waals surface area contributed by atoms with Crippen molar-refractivity contribution in [1.82, 2.24) is 15.2 Å². The highest BCUT2D eigenvalue weighted by Gasteiger charge is 2.34. The third-order valence-corrected chi connectivity index (χ3v) is 4.87. The molecule has 1 aliphatic rings.